The van der Waals surface area contributed by atoms with Gasteiger partial charge < -0.3 is 14.2 Å². The second-order valence-electron chi connectivity index (χ2n) is 4.15. The molecule has 2 rings (SSSR count). The van der Waals surface area contributed by atoms with Crippen molar-refractivity contribution in [2.24, 2.45) is 0 Å². The van der Waals surface area contributed by atoms with E-state index in [1.807, 2.05) is 6.07 Å². The van der Waals surface area contributed by atoms with E-state index in [9.17, 15) is 14.4 Å². The van der Waals surface area contributed by atoms with Gasteiger partial charge in [-0.3, -0.25) is 0 Å². The molecule has 0 aliphatic carbocycles. The number of hydrogen-bond donors (Lipinski definition) is 0. The molecule has 19 heavy (non-hydrogen) atoms. The van der Waals surface area contributed by atoms with Crippen molar-refractivity contribution in [3.63, 3.8) is 0 Å². The van der Waals surface area contributed by atoms with E-state index >= 15 is 0 Å². The number of ether oxygens (including phenoxy) is 3. The largest absolute Gasteiger partial charge is 0.457 e. The minimum atomic E-state index is -2.02. The number of cyclic esters (lactones) is 2. The van der Waals surface area contributed by atoms with Crippen molar-refractivity contribution in [1.29, 1.82) is 0 Å². The van der Waals surface area contributed by atoms with Gasteiger partial charge in [-0.25, -0.2) is 14.4 Å². The van der Waals surface area contributed by atoms with Crippen LogP contribution in [0.5, 0.6) is 0 Å². The first-order chi connectivity index (χ1) is 9.02. The topological polar surface area (TPSA) is 78.9 Å². The van der Waals surface area contributed by atoms with E-state index in [0.29, 0.717) is 0 Å². The number of carbonyl (C=O) groups is 3. The molecule has 0 amide bonds. The van der Waals surface area contributed by atoms with E-state index in [0.717, 1.165) is 12.5 Å². The van der Waals surface area contributed by atoms with Gasteiger partial charge in [0.2, 0.25) is 0 Å². The van der Waals surface area contributed by atoms with Crippen molar-refractivity contribution in [3.05, 3.63) is 35.9 Å². The van der Waals surface area contributed by atoms with Crippen LogP contribution in [-0.2, 0) is 35.2 Å². The summed E-state index contributed by atoms with van der Waals surface area (Å²) in [7, 11) is 0. The third-order valence-corrected chi connectivity index (χ3v) is 2.63. The van der Waals surface area contributed by atoms with Crippen LogP contribution >= 0.6 is 0 Å². The van der Waals surface area contributed by atoms with Crippen molar-refractivity contribution in [2.45, 2.75) is 19.1 Å². The Morgan fingerprint density at radius 3 is 2.68 bits per heavy atom. The molecule has 0 saturated carbocycles. The molecule has 6 heteroatoms. The molecule has 1 aliphatic rings. The number of carbonyl (C=O) groups excluding carboxylic acids is 3. The Hall–Kier alpha value is -2.37. The Balaban J connectivity index is 2.02. The molecule has 0 bridgehead atoms. The number of hydrogen-bond acceptors (Lipinski definition) is 6. The normalized spacial score (nSPS) is 22.4. The molecule has 100 valence electrons. The van der Waals surface area contributed by atoms with Crippen LogP contribution in [0.2, 0.25) is 0 Å². The van der Waals surface area contributed by atoms with Gasteiger partial charge in [0.15, 0.2) is 6.61 Å². The van der Waals surface area contributed by atoms with Gasteiger partial charge in [0.25, 0.3) is 0 Å². The van der Waals surface area contributed by atoms with Gasteiger partial charge in [-0.15, -0.1) is 0 Å². The maximum absolute atomic E-state index is 11.8. The van der Waals surface area contributed by atoms with Gasteiger partial charge in [-0.05, 0) is 12.5 Å². The van der Waals surface area contributed by atoms with E-state index in [4.69, 9.17) is 9.47 Å². The molecule has 1 atom stereocenters. The van der Waals surface area contributed by atoms with E-state index < -0.39 is 30.1 Å². The lowest BCUT2D eigenvalue weighted by Gasteiger charge is -2.28. The molecule has 1 saturated heterocycles. The highest BCUT2D eigenvalue weighted by molar-refractivity contribution is 6.06. The molecule has 0 radical (unpaired) electrons. The SMILES string of the molecule is C[C@]1(C(=O)OCc2ccccc2)OC(=O)COC1=O. The van der Waals surface area contributed by atoms with Crippen LogP contribution in [0.25, 0.3) is 0 Å². The van der Waals surface area contributed by atoms with Crippen molar-refractivity contribution < 1.29 is 28.6 Å². The summed E-state index contributed by atoms with van der Waals surface area (Å²) in [5.41, 5.74) is -1.26. The molecule has 6 nitrogen and oxygen atoms in total. The van der Waals surface area contributed by atoms with Crippen LogP contribution in [0.1, 0.15) is 12.5 Å². The third kappa shape index (κ3) is 2.73. The van der Waals surface area contributed by atoms with Gasteiger partial charge in [-0.2, -0.15) is 0 Å². The molecule has 1 aromatic carbocycles. The van der Waals surface area contributed by atoms with Crippen molar-refractivity contribution in [2.75, 3.05) is 6.61 Å². The van der Waals surface area contributed by atoms with Gasteiger partial charge >= 0.3 is 23.5 Å². The minimum Gasteiger partial charge on any atom is -0.457 e. The second-order valence-corrected chi connectivity index (χ2v) is 4.15. The molecule has 1 heterocycles. The fourth-order valence-electron chi connectivity index (χ4n) is 1.55. The first-order valence-electron chi connectivity index (χ1n) is 5.62. The van der Waals surface area contributed by atoms with Gasteiger partial charge in [0, 0.05) is 0 Å². The molecule has 0 spiro atoms. The Kier molecular flexibility index (Phi) is 3.50. The first-order valence-corrected chi connectivity index (χ1v) is 5.62. The summed E-state index contributed by atoms with van der Waals surface area (Å²) >= 11 is 0. The van der Waals surface area contributed by atoms with Crippen molar-refractivity contribution in [3.8, 4) is 0 Å². The average molecular weight is 264 g/mol. The Labute approximate surface area is 109 Å². The number of rotatable bonds is 3. The average Bonchev–Trinajstić information content (AvgIpc) is 2.41. The van der Waals surface area contributed by atoms with E-state index in [1.165, 1.54) is 0 Å². The number of benzene rings is 1. The summed E-state index contributed by atoms with van der Waals surface area (Å²) in [6.07, 6.45) is 0. The highest BCUT2D eigenvalue weighted by atomic mass is 16.7. The van der Waals surface area contributed by atoms with E-state index in [1.54, 1.807) is 24.3 Å². The summed E-state index contributed by atoms with van der Waals surface area (Å²) < 4.78 is 14.3. The molecular weight excluding hydrogens is 252 g/mol. The monoisotopic (exact) mass is 264 g/mol. The highest BCUT2D eigenvalue weighted by Gasteiger charge is 2.51. The minimum absolute atomic E-state index is 0.0138. The quantitative estimate of drug-likeness (QED) is 0.451. The zero-order valence-corrected chi connectivity index (χ0v) is 10.3. The van der Waals surface area contributed by atoms with Crippen LogP contribution < -0.4 is 0 Å². The first kappa shape index (κ1) is 13.1. The number of esters is 3. The summed E-state index contributed by atoms with van der Waals surface area (Å²) in [5, 5.41) is 0. The van der Waals surface area contributed by atoms with Crippen LogP contribution in [0.15, 0.2) is 30.3 Å². The van der Waals surface area contributed by atoms with Gasteiger partial charge in [0.1, 0.15) is 6.61 Å². The lowest BCUT2D eigenvalue weighted by molar-refractivity contribution is -0.208. The lowest BCUT2D eigenvalue weighted by Crippen LogP contribution is -2.54. The van der Waals surface area contributed by atoms with Crippen molar-refractivity contribution in [1.82, 2.24) is 0 Å². The van der Waals surface area contributed by atoms with Gasteiger partial charge in [0.05, 0.1) is 0 Å². The summed E-state index contributed by atoms with van der Waals surface area (Å²) in [5.74, 6) is -2.65. The summed E-state index contributed by atoms with van der Waals surface area (Å²) in [6.45, 7) is 0.653. The lowest BCUT2D eigenvalue weighted by atomic mass is 10.1. The predicted octanol–water partition coefficient (Wildman–Crippen LogP) is 0.589. The zero-order valence-electron chi connectivity index (χ0n) is 10.3. The predicted molar refractivity (Wildman–Crippen MR) is 61.7 cm³/mol. The molecule has 0 aromatic heterocycles. The highest BCUT2D eigenvalue weighted by Crippen LogP contribution is 2.20. The maximum Gasteiger partial charge on any atom is 0.362 e. The fourth-order valence-corrected chi connectivity index (χ4v) is 1.55. The van der Waals surface area contributed by atoms with Crippen LogP contribution in [0.4, 0.5) is 0 Å². The molecular formula is C13H12O6. The Morgan fingerprint density at radius 1 is 1.32 bits per heavy atom. The smallest absolute Gasteiger partial charge is 0.362 e. The fraction of sp³-hybridized carbons (Fsp3) is 0.308. The third-order valence-electron chi connectivity index (χ3n) is 2.63. The van der Waals surface area contributed by atoms with E-state index in [-0.39, 0.29) is 6.61 Å². The summed E-state index contributed by atoms with van der Waals surface area (Å²) in [4.78, 5) is 34.5. The van der Waals surface area contributed by atoms with Crippen LogP contribution in [0.3, 0.4) is 0 Å². The second kappa shape index (κ2) is 5.09. The standard InChI is InChI=1S/C13H12O6/c1-13(12(16)18-8-10(14)19-13)11(15)17-7-9-5-3-2-4-6-9/h2-6H,7-8H2,1H3/t13-/m1/s1. The van der Waals surface area contributed by atoms with E-state index in [2.05, 4.69) is 4.74 Å². The summed E-state index contributed by atoms with van der Waals surface area (Å²) in [6, 6.07) is 8.94. The molecule has 1 aliphatic heterocycles. The van der Waals surface area contributed by atoms with Gasteiger partial charge in [-0.1, -0.05) is 30.3 Å². The molecule has 0 unspecified atom stereocenters. The van der Waals surface area contributed by atoms with Crippen molar-refractivity contribution >= 4 is 17.9 Å². The molecule has 1 fully saturated rings. The maximum atomic E-state index is 11.8. The zero-order chi connectivity index (χ0) is 13.9. The van der Waals surface area contributed by atoms with Crippen LogP contribution in [-0.4, -0.2) is 30.1 Å². The molecule has 1 aromatic rings. The van der Waals surface area contributed by atoms with Crippen LogP contribution in [0, 0.1) is 0 Å². The Morgan fingerprint density at radius 2 is 2.00 bits per heavy atom. The molecule has 0 N–H and O–H groups in total. The Bertz CT molecular complexity index is 509.